The first-order valence-corrected chi connectivity index (χ1v) is 8.63. The second-order valence-corrected chi connectivity index (χ2v) is 6.35. The van der Waals surface area contributed by atoms with Crippen LogP contribution in [0, 0.1) is 5.82 Å². The van der Waals surface area contributed by atoms with Crippen molar-refractivity contribution in [3.05, 3.63) is 65.6 Å². The van der Waals surface area contributed by atoms with Crippen LogP contribution in [0.2, 0.25) is 0 Å². The van der Waals surface area contributed by atoms with Crippen LogP contribution >= 0.6 is 15.9 Å². The van der Waals surface area contributed by atoms with Gasteiger partial charge in [-0.3, -0.25) is 4.98 Å². The van der Waals surface area contributed by atoms with Gasteiger partial charge in [-0.2, -0.15) is 0 Å². The molecule has 1 aliphatic carbocycles. The van der Waals surface area contributed by atoms with Crippen molar-refractivity contribution in [3.63, 3.8) is 0 Å². The summed E-state index contributed by atoms with van der Waals surface area (Å²) in [7, 11) is 0. The van der Waals surface area contributed by atoms with Crippen LogP contribution in [-0.2, 0) is 5.33 Å². The van der Waals surface area contributed by atoms with Gasteiger partial charge in [-0.1, -0.05) is 46.3 Å². The molecule has 0 spiro atoms. The summed E-state index contributed by atoms with van der Waals surface area (Å²) in [6.45, 7) is 0. The zero-order chi connectivity index (χ0) is 15.1. The van der Waals surface area contributed by atoms with Crippen LogP contribution in [0.5, 0.6) is 0 Å². The van der Waals surface area contributed by atoms with E-state index in [1.54, 1.807) is 12.1 Å². The third-order valence-corrected chi connectivity index (χ3v) is 4.80. The molecule has 0 aliphatic heterocycles. The third-order valence-electron chi connectivity index (χ3n) is 4.24. The molecular weight excluding hydrogens is 341 g/mol. The molecule has 1 heterocycles. The van der Waals surface area contributed by atoms with Gasteiger partial charge >= 0.3 is 0 Å². The SMILES string of the molecule is Fc1cccc(-c2c(CBr)c(C3CC3)nc3ccccc23)c1. The molecule has 110 valence electrons. The van der Waals surface area contributed by atoms with Crippen LogP contribution in [0.4, 0.5) is 4.39 Å². The van der Waals surface area contributed by atoms with Gasteiger partial charge in [0.2, 0.25) is 0 Å². The summed E-state index contributed by atoms with van der Waals surface area (Å²) in [5, 5.41) is 1.83. The fourth-order valence-electron chi connectivity index (χ4n) is 3.07. The smallest absolute Gasteiger partial charge is 0.123 e. The molecule has 0 saturated heterocycles. The summed E-state index contributed by atoms with van der Waals surface area (Å²) in [5.74, 6) is 0.358. The average molecular weight is 356 g/mol. The number of aromatic nitrogens is 1. The van der Waals surface area contributed by atoms with Crippen LogP contribution in [0.1, 0.15) is 30.0 Å². The normalized spacial score (nSPS) is 14.5. The van der Waals surface area contributed by atoms with E-state index in [9.17, 15) is 4.39 Å². The molecule has 22 heavy (non-hydrogen) atoms. The van der Waals surface area contributed by atoms with Gasteiger partial charge in [0, 0.05) is 22.3 Å². The maximum absolute atomic E-state index is 13.7. The fraction of sp³-hybridized carbons (Fsp3) is 0.211. The number of alkyl halides is 1. The van der Waals surface area contributed by atoms with Crippen LogP contribution < -0.4 is 0 Å². The zero-order valence-electron chi connectivity index (χ0n) is 12.0. The van der Waals surface area contributed by atoms with E-state index < -0.39 is 0 Å². The van der Waals surface area contributed by atoms with Crippen molar-refractivity contribution < 1.29 is 4.39 Å². The summed E-state index contributed by atoms with van der Waals surface area (Å²) in [6.07, 6.45) is 2.40. The fourth-order valence-corrected chi connectivity index (χ4v) is 3.64. The molecule has 0 unspecified atom stereocenters. The van der Waals surface area contributed by atoms with Crippen molar-refractivity contribution in [2.24, 2.45) is 0 Å². The van der Waals surface area contributed by atoms with Gasteiger partial charge in [0.05, 0.1) is 5.52 Å². The summed E-state index contributed by atoms with van der Waals surface area (Å²) in [6, 6.07) is 15.0. The molecule has 0 bridgehead atoms. The Kier molecular flexibility index (Phi) is 3.45. The second-order valence-electron chi connectivity index (χ2n) is 5.79. The van der Waals surface area contributed by atoms with E-state index in [1.165, 1.54) is 30.2 Å². The third kappa shape index (κ3) is 2.34. The van der Waals surface area contributed by atoms with Crippen LogP contribution in [-0.4, -0.2) is 4.98 Å². The average Bonchev–Trinajstić information content (AvgIpc) is 3.37. The van der Waals surface area contributed by atoms with Crippen molar-refractivity contribution in [2.75, 3.05) is 0 Å². The van der Waals surface area contributed by atoms with Crippen molar-refractivity contribution >= 4 is 26.8 Å². The highest BCUT2D eigenvalue weighted by molar-refractivity contribution is 9.08. The molecule has 1 nitrogen and oxygen atoms in total. The molecule has 3 heteroatoms. The molecule has 1 saturated carbocycles. The molecule has 2 aromatic carbocycles. The largest absolute Gasteiger partial charge is 0.252 e. The van der Waals surface area contributed by atoms with Gasteiger partial charge in [-0.05, 0) is 47.7 Å². The lowest BCUT2D eigenvalue weighted by Crippen LogP contribution is -2.00. The molecule has 1 fully saturated rings. The summed E-state index contributed by atoms with van der Waals surface area (Å²) >= 11 is 3.62. The molecule has 4 rings (SSSR count). The van der Waals surface area contributed by atoms with Gasteiger partial charge < -0.3 is 0 Å². The molecule has 3 aromatic rings. The van der Waals surface area contributed by atoms with E-state index >= 15 is 0 Å². The highest BCUT2D eigenvalue weighted by Gasteiger charge is 2.29. The Bertz CT molecular complexity index is 855. The lowest BCUT2D eigenvalue weighted by Gasteiger charge is -2.16. The Balaban J connectivity index is 2.09. The number of nitrogens with zero attached hydrogens (tertiary/aromatic N) is 1. The van der Waals surface area contributed by atoms with E-state index in [2.05, 4.69) is 22.0 Å². The number of pyridine rings is 1. The van der Waals surface area contributed by atoms with E-state index in [0.717, 1.165) is 27.4 Å². The number of hydrogen-bond acceptors (Lipinski definition) is 1. The molecule has 0 N–H and O–H groups in total. The number of rotatable bonds is 3. The number of benzene rings is 2. The zero-order valence-corrected chi connectivity index (χ0v) is 13.6. The standard InChI is InChI=1S/C19H15BrFN/c20-11-16-18(13-4-3-5-14(21)10-13)15-6-1-2-7-17(15)22-19(16)12-8-9-12/h1-7,10,12H,8-9,11H2. The van der Waals surface area contributed by atoms with Crippen LogP contribution in [0.3, 0.4) is 0 Å². The molecule has 0 radical (unpaired) electrons. The van der Waals surface area contributed by atoms with E-state index in [1.807, 2.05) is 24.3 Å². The second kappa shape index (κ2) is 5.47. The first-order chi connectivity index (χ1) is 10.8. The van der Waals surface area contributed by atoms with E-state index in [0.29, 0.717) is 5.92 Å². The summed E-state index contributed by atoms with van der Waals surface area (Å²) in [5.41, 5.74) is 5.41. The minimum absolute atomic E-state index is 0.202. The first kappa shape index (κ1) is 13.9. The van der Waals surface area contributed by atoms with E-state index in [4.69, 9.17) is 4.98 Å². The van der Waals surface area contributed by atoms with Gasteiger partial charge in [0.15, 0.2) is 0 Å². The van der Waals surface area contributed by atoms with Gasteiger partial charge in [0.25, 0.3) is 0 Å². The quantitative estimate of drug-likeness (QED) is 0.540. The summed E-state index contributed by atoms with van der Waals surface area (Å²) in [4.78, 5) is 4.89. The predicted octanol–water partition coefficient (Wildman–Crippen LogP) is 5.81. The number of hydrogen-bond donors (Lipinski definition) is 0. The van der Waals surface area contributed by atoms with Crippen molar-refractivity contribution in [2.45, 2.75) is 24.1 Å². The van der Waals surface area contributed by atoms with Crippen molar-refractivity contribution in [1.82, 2.24) is 4.98 Å². The number of halogens is 2. The first-order valence-electron chi connectivity index (χ1n) is 7.51. The summed E-state index contributed by atoms with van der Waals surface area (Å²) < 4.78 is 13.7. The highest BCUT2D eigenvalue weighted by Crippen LogP contribution is 2.45. The molecular formula is C19H15BrFN. The monoisotopic (exact) mass is 355 g/mol. The van der Waals surface area contributed by atoms with Crippen molar-refractivity contribution in [3.8, 4) is 11.1 Å². The maximum Gasteiger partial charge on any atom is 0.123 e. The van der Waals surface area contributed by atoms with Crippen LogP contribution in [0.25, 0.3) is 22.0 Å². The van der Waals surface area contributed by atoms with Gasteiger partial charge in [-0.25, -0.2) is 4.39 Å². The minimum Gasteiger partial charge on any atom is -0.252 e. The topological polar surface area (TPSA) is 12.9 Å². The minimum atomic E-state index is -0.202. The molecule has 0 atom stereocenters. The molecule has 1 aliphatic rings. The molecule has 1 aromatic heterocycles. The lowest BCUT2D eigenvalue weighted by atomic mass is 9.93. The van der Waals surface area contributed by atoms with Crippen LogP contribution in [0.15, 0.2) is 48.5 Å². The van der Waals surface area contributed by atoms with Gasteiger partial charge in [-0.15, -0.1) is 0 Å². The maximum atomic E-state index is 13.7. The highest BCUT2D eigenvalue weighted by atomic mass is 79.9. The van der Waals surface area contributed by atoms with Crippen molar-refractivity contribution in [1.29, 1.82) is 0 Å². The Morgan fingerprint density at radius 3 is 2.64 bits per heavy atom. The number of para-hydroxylation sites is 1. The Labute approximate surface area is 137 Å². The predicted molar refractivity (Wildman–Crippen MR) is 91.7 cm³/mol. The Morgan fingerprint density at radius 2 is 1.91 bits per heavy atom. The lowest BCUT2D eigenvalue weighted by molar-refractivity contribution is 0.628. The van der Waals surface area contributed by atoms with Gasteiger partial charge in [0.1, 0.15) is 5.82 Å². The Hall–Kier alpha value is -1.74. The molecule has 0 amide bonds. The Morgan fingerprint density at radius 1 is 1.09 bits per heavy atom. The number of fused-ring (bicyclic) bond motifs is 1. The van der Waals surface area contributed by atoms with E-state index in [-0.39, 0.29) is 5.82 Å².